The van der Waals surface area contributed by atoms with Crippen LogP contribution in [0.3, 0.4) is 0 Å². The van der Waals surface area contributed by atoms with E-state index in [9.17, 15) is 5.11 Å². The number of aliphatic hydroxyl groups is 1. The number of hydrogen-bond acceptors (Lipinski definition) is 2. The van der Waals surface area contributed by atoms with Crippen LogP contribution in [0.5, 0.6) is 0 Å². The Hall–Kier alpha value is -0.860. The van der Waals surface area contributed by atoms with Gasteiger partial charge in [-0.3, -0.25) is 0 Å². The Morgan fingerprint density at radius 3 is 2.67 bits per heavy atom. The Morgan fingerprint density at radius 2 is 2.00 bits per heavy atom. The maximum absolute atomic E-state index is 10.7. The third-order valence-corrected chi connectivity index (χ3v) is 3.69. The minimum Gasteiger partial charge on any atom is -0.384 e. The third kappa shape index (κ3) is 1.80. The molecule has 2 atom stereocenters. The van der Waals surface area contributed by atoms with Crippen LogP contribution in [0.25, 0.3) is 0 Å². The van der Waals surface area contributed by atoms with Gasteiger partial charge in [-0.05, 0) is 38.9 Å². The highest BCUT2D eigenvalue weighted by atomic mass is 16.3. The summed E-state index contributed by atoms with van der Waals surface area (Å²) in [5.74, 6) is 0. The summed E-state index contributed by atoms with van der Waals surface area (Å²) in [7, 11) is 2.08. The van der Waals surface area contributed by atoms with Gasteiger partial charge in [0.15, 0.2) is 0 Å². The molecule has 0 bridgehead atoms. The molecule has 0 amide bonds. The molecule has 0 radical (unpaired) electrons. The number of likely N-dealkylation sites (tertiary alicyclic amines) is 1. The van der Waals surface area contributed by atoms with E-state index in [2.05, 4.69) is 18.9 Å². The Balaban J connectivity index is 2.32. The van der Waals surface area contributed by atoms with Crippen LogP contribution < -0.4 is 0 Å². The lowest BCUT2D eigenvalue weighted by atomic mass is 9.80. The van der Waals surface area contributed by atoms with Crippen LogP contribution >= 0.6 is 0 Å². The molecule has 1 saturated heterocycles. The van der Waals surface area contributed by atoms with E-state index >= 15 is 0 Å². The fourth-order valence-corrected chi connectivity index (χ4v) is 2.48. The summed E-state index contributed by atoms with van der Waals surface area (Å²) in [6.45, 7) is 3.18. The molecule has 0 spiro atoms. The molecular formula is C13H19NO. The third-order valence-electron chi connectivity index (χ3n) is 3.69. The molecule has 1 aromatic carbocycles. The number of benzene rings is 1. The number of likely N-dealkylation sites (N-methyl/N-ethyl adjacent to an activating group) is 1. The van der Waals surface area contributed by atoms with E-state index in [-0.39, 0.29) is 6.04 Å². The first-order chi connectivity index (χ1) is 7.14. The monoisotopic (exact) mass is 205 g/mol. The van der Waals surface area contributed by atoms with Gasteiger partial charge in [0.05, 0.1) is 0 Å². The smallest absolute Gasteiger partial charge is 0.105 e. The van der Waals surface area contributed by atoms with E-state index in [4.69, 9.17) is 0 Å². The molecule has 15 heavy (non-hydrogen) atoms. The first-order valence-corrected chi connectivity index (χ1v) is 5.63. The van der Waals surface area contributed by atoms with Crippen molar-refractivity contribution in [3.63, 3.8) is 0 Å². The Morgan fingerprint density at radius 1 is 1.33 bits per heavy atom. The summed E-state index contributed by atoms with van der Waals surface area (Å²) in [5, 5.41) is 10.7. The molecule has 0 aromatic heterocycles. The van der Waals surface area contributed by atoms with Crippen LogP contribution in [0.1, 0.15) is 25.3 Å². The zero-order valence-electron chi connectivity index (χ0n) is 9.48. The quantitative estimate of drug-likeness (QED) is 0.758. The lowest BCUT2D eigenvalue weighted by Gasteiger charge is -2.44. The van der Waals surface area contributed by atoms with Crippen molar-refractivity contribution in [3.05, 3.63) is 35.9 Å². The summed E-state index contributed by atoms with van der Waals surface area (Å²) >= 11 is 0. The second kappa shape index (κ2) is 3.95. The first-order valence-electron chi connectivity index (χ1n) is 5.63. The second-order valence-electron chi connectivity index (χ2n) is 4.55. The summed E-state index contributed by atoms with van der Waals surface area (Å²) in [4.78, 5) is 2.23. The molecule has 0 aliphatic carbocycles. The predicted octanol–water partition coefficient (Wildman–Crippen LogP) is 1.99. The molecule has 2 rings (SSSR count). The highest BCUT2D eigenvalue weighted by Gasteiger charge is 2.40. The lowest BCUT2D eigenvalue weighted by molar-refractivity contribution is -0.0711. The van der Waals surface area contributed by atoms with Gasteiger partial charge in [0.1, 0.15) is 5.60 Å². The predicted molar refractivity (Wildman–Crippen MR) is 61.7 cm³/mol. The van der Waals surface area contributed by atoms with Crippen LogP contribution in [0, 0.1) is 0 Å². The second-order valence-corrected chi connectivity index (χ2v) is 4.55. The molecule has 1 N–H and O–H groups in total. The maximum Gasteiger partial charge on any atom is 0.105 e. The van der Waals surface area contributed by atoms with Crippen LogP contribution in [0.15, 0.2) is 30.3 Å². The highest BCUT2D eigenvalue weighted by molar-refractivity contribution is 5.24. The van der Waals surface area contributed by atoms with E-state index in [0.717, 1.165) is 24.9 Å². The summed E-state index contributed by atoms with van der Waals surface area (Å²) in [6, 6.07) is 10.2. The van der Waals surface area contributed by atoms with Crippen molar-refractivity contribution >= 4 is 0 Å². The van der Waals surface area contributed by atoms with Gasteiger partial charge in [-0.1, -0.05) is 30.3 Å². The fraction of sp³-hybridized carbons (Fsp3) is 0.538. The van der Waals surface area contributed by atoms with E-state index in [1.54, 1.807) is 0 Å². The van der Waals surface area contributed by atoms with Gasteiger partial charge in [0, 0.05) is 6.04 Å². The zero-order valence-corrected chi connectivity index (χ0v) is 9.48. The molecule has 1 heterocycles. The number of hydrogen-bond donors (Lipinski definition) is 1. The van der Waals surface area contributed by atoms with E-state index in [0.29, 0.717) is 0 Å². The van der Waals surface area contributed by atoms with Gasteiger partial charge in [-0.15, -0.1) is 0 Å². The molecule has 82 valence electrons. The minimum absolute atomic E-state index is 0.189. The number of rotatable bonds is 1. The van der Waals surface area contributed by atoms with Crippen LogP contribution in [0.4, 0.5) is 0 Å². The first kappa shape index (κ1) is 10.7. The van der Waals surface area contributed by atoms with Crippen molar-refractivity contribution in [3.8, 4) is 0 Å². The number of nitrogens with zero attached hydrogens (tertiary/aromatic N) is 1. The minimum atomic E-state index is -0.672. The zero-order chi connectivity index (χ0) is 10.9. The summed E-state index contributed by atoms with van der Waals surface area (Å²) in [6.07, 6.45) is 1.93. The fourth-order valence-electron chi connectivity index (χ4n) is 2.48. The average Bonchev–Trinajstić information content (AvgIpc) is 2.27. The van der Waals surface area contributed by atoms with Crippen LogP contribution in [-0.2, 0) is 5.60 Å². The SMILES string of the molecule is C[C@@H]1N(C)CCC[C@]1(O)c1ccccc1. The maximum atomic E-state index is 10.7. The Kier molecular flexibility index (Phi) is 2.81. The molecule has 2 nitrogen and oxygen atoms in total. The van der Waals surface area contributed by atoms with Crippen molar-refractivity contribution in [2.24, 2.45) is 0 Å². The van der Waals surface area contributed by atoms with Crippen molar-refractivity contribution in [1.82, 2.24) is 4.90 Å². The lowest BCUT2D eigenvalue weighted by Crippen LogP contribution is -2.51. The molecule has 1 aliphatic heterocycles. The molecule has 0 unspecified atom stereocenters. The van der Waals surface area contributed by atoms with E-state index in [1.807, 2.05) is 30.3 Å². The van der Waals surface area contributed by atoms with Gasteiger partial charge in [-0.2, -0.15) is 0 Å². The van der Waals surface area contributed by atoms with E-state index < -0.39 is 5.60 Å². The molecule has 1 aromatic rings. The van der Waals surface area contributed by atoms with Crippen molar-refractivity contribution in [1.29, 1.82) is 0 Å². The average molecular weight is 205 g/mol. The molecule has 1 fully saturated rings. The van der Waals surface area contributed by atoms with Crippen LogP contribution in [-0.4, -0.2) is 29.6 Å². The standard InChI is InChI=1S/C13H19NO/c1-11-13(15,9-6-10-14(11)2)12-7-4-3-5-8-12/h3-5,7-8,11,15H,6,9-10H2,1-2H3/t11-,13+/m0/s1. The Bertz CT molecular complexity index is 325. The van der Waals surface area contributed by atoms with Crippen molar-refractivity contribution in [2.45, 2.75) is 31.4 Å². The van der Waals surface area contributed by atoms with Crippen molar-refractivity contribution in [2.75, 3.05) is 13.6 Å². The topological polar surface area (TPSA) is 23.5 Å². The van der Waals surface area contributed by atoms with Gasteiger partial charge >= 0.3 is 0 Å². The van der Waals surface area contributed by atoms with E-state index in [1.165, 1.54) is 0 Å². The van der Waals surface area contributed by atoms with Crippen LogP contribution in [0.2, 0.25) is 0 Å². The molecular weight excluding hydrogens is 186 g/mol. The number of piperidine rings is 1. The molecule has 1 aliphatic rings. The van der Waals surface area contributed by atoms with Gasteiger partial charge in [0.2, 0.25) is 0 Å². The largest absolute Gasteiger partial charge is 0.384 e. The van der Waals surface area contributed by atoms with Crippen molar-refractivity contribution < 1.29 is 5.11 Å². The highest BCUT2D eigenvalue weighted by Crippen LogP contribution is 2.35. The van der Waals surface area contributed by atoms with Gasteiger partial charge < -0.3 is 10.0 Å². The Labute approximate surface area is 91.5 Å². The summed E-state index contributed by atoms with van der Waals surface area (Å²) < 4.78 is 0. The van der Waals surface area contributed by atoms with Gasteiger partial charge in [-0.25, -0.2) is 0 Å². The summed E-state index contributed by atoms with van der Waals surface area (Å²) in [5.41, 5.74) is 0.373. The molecule has 0 saturated carbocycles. The molecule has 2 heteroatoms. The normalized spacial score (nSPS) is 32.9. The van der Waals surface area contributed by atoms with Gasteiger partial charge in [0.25, 0.3) is 0 Å².